The molecule has 0 unspecified atom stereocenters. The standard InChI is InChI=1S/C24H27N5O4/c30-22(15-29(16-23(31)32)14-19-9-5-2-6-10-19)28-21(11-20-13-25-17-27-20)24(33)26-12-18-7-3-1-4-8-18/h1-10,13,17,21H,11-12,14-16H2,(H,25,27)(H,26,33)(H,28,30)(H,31,32)/t21-/m0/s1. The first-order chi connectivity index (χ1) is 16.0. The highest BCUT2D eigenvalue weighted by Crippen LogP contribution is 2.05. The fourth-order valence-corrected chi connectivity index (χ4v) is 3.38. The van der Waals surface area contributed by atoms with E-state index in [4.69, 9.17) is 0 Å². The number of aromatic nitrogens is 2. The zero-order chi connectivity index (χ0) is 23.5. The maximum Gasteiger partial charge on any atom is 0.317 e. The highest BCUT2D eigenvalue weighted by Gasteiger charge is 2.23. The minimum atomic E-state index is -1.03. The Hall–Kier alpha value is -3.98. The number of benzene rings is 2. The van der Waals surface area contributed by atoms with Gasteiger partial charge >= 0.3 is 5.97 Å². The van der Waals surface area contributed by atoms with Crippen molar-refractivity contribution in [3.8, 4) is 0 Å². The summed E-state index contributed by atoms with van der Waals surface area (Å²) in [5.41, 5.74) is 2.52. The van der Waals surface area contributed by atoms with Crippen LogP contribution in [0.2, 0.25) is 0 Å². The molecule has 0 spiro atoms. The van der Waals surface area contributed by atoms with Crippen molar-refractivity contribution in [1.82, 2.24) is 25.5 Å². The molecular formula is C24H27N5O4. The maximum absolute atomic E-state index is 12.9. The lowest BCUT2D eigenvalue weighted by Crippen LogP contribution is -2.50. The number of aliphatic carboxylic acids is 1. The fourth-order valence-electron chi connectivity index (χ4n) is 3.38. The molecule has 0 aliphatic carbocycles. The highest BCUT2D eigenvalue weighted by molar-refractivity contribution is 5.88. The average molecular weight is 450 g/mol. The van der Waals surface area contributed by atoms with E-state index in [1.165, 1.54) is 11.2 Å². The van der Waals surface area contributed by atoms with Crippen LogP contribution in [0.25, 0.3) is 0 Å². The molecule has 0 bridgehead atoms. The summed E-state index contributed by atoms with van der Waals surface area (Å²) in [6.45, 7) is 0.167. The number of amides is 2. The Kier molecular flexibility index (Phi) is 8.72. The number of aromatic amines is 1. The van der Waals surface area contributed by atoms with Crippen molar-refractivity contribution < 1.29 is 19.5 Å². The summed E-state index contributed by atoms with van der Waals surface area (Å²) in [6.07, 6.45) is 3.32. The van der Waals surface area contributed by atoms with E-state index in [9.17, 15) is 19.5 Å². The Labute approximate surface area is 191 Å². The van der Waals surface area contributed by atoms with Crippen LogP contribution >= 0.6 is 0 Å². The molecule has 0 radical (unpaired) electrons. The topological polar surface area (TPSA) is 127 Å². The summed E-state index contributed by atoms with van der Waals surface area (Å²) in [6, 6.07) is 17.9. The first-order valence-corrected chi connectivity index (χ1v) is 10.6. The Morgan fingerprint density at radius 3 is 2.24 bits per heavy atom. The van der Waals surface area contributed by atoms with Crippen LogP contribution in [0.1, 0.15) is 16.8 Å². The van der Waals surface area contributed by atoms with Gasteiger partial charge in [0.2, 0.25) is 11.8 Å². The van der Waals surface area contributed by atoms with Gasteiger partial charge in [0.25, 0.3) is 0 Å². The van der Waals surface area contributed by atoms with Gasteiger partial charge in [-0.05, 0) is 11.1 Å². The van der Waals surface area contributed by atoms with E-state index in [1.807, 2.05) is 60.7 Å². The van der Waals surface area contributed by atoms with Crippen molar-refractivity contribution in [1.29, 1.82) is 0 Å². The fraction of sp³-hybridized carbons (Fsp3) is 0.250. The van der Waals surface area contributed by atoms with Gasteiger partial charge in [-0.25, -0.2) is 4.98 Å². The van der Waals surface area contributed by atoms with Gasteiger partial charge in [-0.3, -0.25) is 19.3 Å². The summed E-state index contributed by atoms with van der Waals surface area (Å²) >= 11 is 0. The van der Waals surface area contributed by atoms with E-state index in [0.29, 0.717) is 18.8 Å². The molecule has 4 N–H and O–H groups in total. The quantitative estimate of drug-likeness (QED) is 0.330. The van der Waals surface area contributed by atoms with Gasteiger partial charge < -0.3 is 20.7 Å². The van der Waals surface area contributed by atoms with Crippen LogP contribution in [0.15, 0.2) is 73.2 Å². The number of nitrogens with zero attached hydrogens (tertiary/aromatic N) is 2. The second kappa shape index (κ2) is 12.2. The van der Waals surface area contributed by atoms with Crippen LogP contribution in [0.5, 0.6) is 0 Å². The molecule has 0 aliphatic heterocycles. The largest absolute Gasteiger partial charge is 0.480 e. The van der Waals surface area contributed by atoms with Crippen LogP contribution in [0.3, 0.4) is 0 Å². The smallest absolute Gasteiger partial charge is 0.317 e. The molecule has 1 aromatic heterocycles. The third kappa shape index (κ3) is 8.23. The summed E-state index contributed by atoms with van der Waals surface area (Å²) in [5.74, 6) is -1.81. The van der Waals surface area contributed by atoms with Gasteiger partial charge in [0.15, 0.2) is 0 Å². The zero-order valence-electron chi connectivity index (χ0n) is 18.1. The molecule has 0 fully saturated rings. The Morgan fingerprint density at radius 1 is 0.970 bits per heavy atom. The monoisotopic (exact) mass is 449 g/mol. The van der Waals surface area contributed by atoms with E-state index in [2.05, 4.69) is 20.6 Å². The van der Waals surface area contributed by atoms with Gasteiger partial charge in [-0.15, -0.1) is 0 Å². The third-order valence-corrected chi connectivity index (χ3v) is 4.92. The van der Waals surface area contributed by atoms with Crippen molar-refractivity contribution in [3.05, 3.63) is 90.0 Å². The minimum absolute atomic E-state index is 0.160. The summed E-state index contributed by atoms with van der Waals surface area (Å²) in [5, 5.41) is 14.8. The maximum atomic E-state index is 12.9. The second-order valence-electron chi connectivity index (χ2n) is 7.63. The van der Waals surface area contributed by atoms with Crippen LogP contribution in [0.4, 0.5) is 0 Å². The Morgan fingerprint density at radius 2 is 1.64 bits per heavy atom. The number of rotatable bonds is 12. The predicted molar refractivity (Wildman–Crippen MR) is 122 cm³/mol. The lowest BCUT2D eigenvalue weighted by molar-refractivity contribution is -0.139. The first kappa shape index (κ1) is 23.7. The zero-order valence-corrected chi connectivity index (χ0v) is 18.1. The second-order valence-corrected chi connectivity index (χ2v) is 7.63. The van der Waals surface area contributed by atoms with Crippen LogP contribution in [0, 0.1) is 0 Å². The van der Waals surface area contributed by atoms with Gasteiger partial charge in [-0.2, -0.15) is 0 Å². The number of imidazole rings is 1. The Balaban J connectivity index is 1.64. The van der Waals surface area contributed by atoms with Crippen molar-refractivity contribution in [2.75, 3.05) is 13.1 Å². The normalized spacial score (nSPS) is 11.7. The number of nitrogens with one attached hydrogen (secondary N) is 3. The van der Waals surface area contributed by atoms with E-state index in [-0.39, 0.29) is 25.4 Å². The minimum Gasteiger partial charge on any atom is -0.480 e. The van der Waals surface area contributed by atoms with Crippen LogP contribution in [-0.4, -0.2) is 56.9 Å². The summed E-state index contributed by atoms with van der Waals surface area (Å²) < 4.78 is 0. The summed E-state index contributed by atoms with van der Waals surface area (Å²) in [4.78, 5) is 45.4. The molecule has 1 heterocycles. The molecule has 9 heteroatoms. The first-order valence-electron chi connectivity index (χ1n) is 10.6. The molecule has 172 valence electrons. The Bertz CT molecular complexity index is 1030. The van der Waals surface area contributed by atoms with Crippen LogP contribution in [-0.2, 0) is 33.9 Å². The lowest BCUT2D eigenvalue weighted by Gasteiger charge is -2.23. The molecule has 9 nitrogen and oxygen atoms in total. The number of hydrogen-bond donors (Lipinski definition) is 4. The molecule has 33 heavy (non-hydrogen) atoms. The molecule has 2 aromatic carbocycles. The van der Waals surface area contributed by atoms with Crippen molar-refractivity contribution in [3.63, 3.8) is 0 Å². The SMILES string of the molecule is O=C(O)CN(CC(=O)N[C@@H](Cc1cnc[nH]1)C(=O)NCc1ccccc1)Cc1ccccc1. The van der Waals surface area contributed by atoms with E-state index < -0.39 is 17.9 Å². The van der Waals surface area contributed by atoms with Crippen molar-refractivity contribution in [2.24, 2.45) is 0 Å². The van der Waals surface area contributed by atoms with Gasteiger partial charge in [0, 0.05) is 31.4 Å². The number of carboxylic acid groups (broad SMARTS) is 1. The van der Waals surface area contributed by atoms with Crippen LogP contribution < -0.4 is 10.6 Å². The number of carbonyl (C=O) groups excluding carboxylic acids is 2. The third-order valence-electron chi connectivity index (χ3n) is 4.92. The van der Waals surface area contributed by atoms with Gasteiger partial charge in [0.05, 0.1) is 19.4 Å². The van der Waals surface area contributed by atoms with Crippen molar-refractivity contribution >= 4 is 17.8 Å². The molecule has 0 saturated heterocycles. The molecular weight excluding hydrogens is 422 g/mol. The highest BCUT2D eigenvalue weighted by atomic mass is 16.4. The van der Waals surface area contributed by atoms with Crippen molar-refractivity contribution in [2.45, 2.75) is 25.6 Å². The molecule has 0 aliphatic rings. The van der Waals surface area contributed by atoms with E-state index in [1.54, 1.807) is 6.20 Å². The molecule has 3 rings (SSSR count). The molecule has 0 saturated carbocycles. The predicted octanol–water partition coefficient (Wildman–Crippen LogP) is 1.34. The summed E-state index contributed by atoms with van der Waals surface area (Å²) in [7, 11) is 0. The number of carbonyl (C=O) groups is 3. The van der Waals surface area contributed by atoms with Gasteiger partial charge in [0.1, 0.15) is 6.04 Å². The van der Waals surface area contributed by atoms with E-state index in [0.717, 1.165) is 11.1 Å². The number of H-pyrrole nitrogens is 1. The van der Waals surface area contributed by atoms with Gasteiger partial charge in [-0.1, -0.05) is 60.7 Å². The number of carboxylic acids is 1. The molecule has 2 amide bonds. The molecule has 3 aromatic rings. The number of hydrogen-bond acceptors (Lipinski definition) is 5. The molecule has 1 atom stereocenters. The average Bonchev–Trinajstić information content (AvgIpc) is 3.31. The lowest BCUT2D eigenvalue weighted by atomic mass is 10.1. The van der Waals surface area contributed by atoms with E-state index >= 15 is 0 Å².